The first-order valence-corrected chi connectivity index (χ1v) is 7.33. The number of hydrogen-bond donors (Lipinski definition) is 1. The monoisotopic (exact) mass is 280 g/mol. The van der Waals surface area contributed by atoms with Crippen molar-refractivity contribution in [2.45, 2.75) is 33.3 Å². The van der Waals surface area contributed by atoms with Crippen LogP contribution in [0, 0.1) is 13.8 Å². The van der Waals surface area contributed by atoms with Crippen LogP contribution in [0.3, 0.4) is 0 Å². The van der Waals surface area contributed by atoms with E-state index < -0.39 is 0 Å². The molecule has 0 amide bonds. The SMILES string of the molecule is CC[C@H](O)c1ccc(-n2cnc3cc(C)c(C)cc32)cc1. The summed E-state index contributed by atoms with van der Waals surface area (Å²) in [6, 6.07) is 12.3. The normalized spacial score (nSPS) is 12.8. The van der Waals surface area contributed by atoms with E-state index in [1.807, 2.05) is 37.5 Å². The second-order valence-corrected chi connectivity index (χ2v) is 5.56. The lowest BCUT2D eigenvalue weighted by Gasteiger charge is -2.10. The van der Waals surface area contributed by atoms with Crippen molar-refractivity contribution in [2.75, 3.05) is 0 Å². The van der Waals surface area contributed by atoms with Crippen LogP contribution in [-0.4, -0.2) is 14.7 Å². The molecule has 1 heterocycles. The molecule has 0 spiro atoms. The molecule has 21 heavy (non-hydrogen) atoms. The fraction of sp³-hybridized carbons (Fsp3) is 0.278. The minimum atomic E-state index is -0.386. The van der Waals surface area contributed by atoms with E-state index in [0.717, 1.165) is 28.7 Å². The molecule has 1 atom stereocenters. The number of aliphatic hydroxyl groups is 1. The number of aromatic nitrogens is 2. The molecule has 0 radical (unpaired) electrons. The van der Waals surface area contributed by atoms with E-state index in [1.54, 1.807) is 0 Å². The van der Waals surface area contributed by atoms with E-state index in [4.69, 9.17) is 0 Å². The molecule has 3 nitrogen and oxygen atoms in total. The number of imidazole rings is 1. The Morgan fingerprint density at radius 1 is 1.10 bits per heavy atom. The smallest absolute Gasteiger partial charge is 0.100 e. The molecule has 0 fully saturated rings. The third-order valence-corrected chi connectivity index (χ3v) is 4.11. The summed E-state index contributed by atoms with van der Waals surface area (Å²) in [6.45, 7) is 6.20. The molecular formula is C18H20N2O. The van der Waals surface area contributed by atoms with Gasteiger partial charge in [-0.1, -0.05) is 19.1 Å². The summed E-state index contributed by atoms with van der Waals surface area (Å²) in [5, 5.41) is 9.87. The molecule has 1 N–H and O–H groups in total. The molecule has 0 aliphatic rings. The molecule has 108 valence electrons. The predicted octanol–water partition coefficient (Wildman–Crippen LogP) is 4.09. The molecule has 0 bridgehead atoms. The Labute approximate surface area is 124 Å². The van der Waals surface area contributed by atoms with E-state index in [9.17, 15) is 5.11 Å². The van der Waals surface area contributed by atoms with Crippen molar-refractivity contribution < 1.29 is 5.11 Å². The van der Waals surface area contributed by atoms with Crippen LogP contribution in [0.25, 0.3) is 16.7 Å². The standard InChI is InChI=1S/C18H20N2O/c1-4-18(21)14-5-7-15(8-6-14)20-11-19-16-9-12(2)13(3)10-17(16)20/h5-11,18,21H,4H2,1-3H3/t18-/m0/s1. The summed E-state index contributed by atoms with van der Waals surface area (Å²) < 4.78 is 2.09. The van der Waals surface area contributed by atoms with Crippen LogP contribution >= 0.6 is 0 Å². The third kappa shape index (κ3) is 2.45. The topological polar surface area (TPSA) is 38.0 Å². The van der Waals surface area contributed by atoms with Crippen LogP contribution in [0.4, 0.5) is 0 Å². The quantitative estimate of drug-likeness (QED) is 0.785. The Balaban J connectivity index is 2.06. The van der Waals surface area contributed by atoms with E-state index in [0.29, 0.717) is 0 Å². The van der Waals surface area contributed by atoms with Gasteiger partial charge in [-0.3, -0.25) is 4.57 Å². The van der Waals surface area contributed by atoms with Gasteiger partial charge in [-0.2, -0.15) is 0 Å². The Kier molecular flexibility index (Phi) is 3.52. The molecule has 0 unspecified atom stereocenters. The second kappa shape index (κ2) is 5.34. The molecule has 2 aromatic carbocycles. The van der Waals surface area contributed by atoms with Gasteiger partial charge < -0.3 is 5.11 Å². The first-order chi connectivity index (χ1) is 10.1. The van der Waals surface area contributed by atoms with Crippen molar-refractivity contribution in [3.05, 3.63) is 59.4 Å². The zero-order chi connectivity index (χ0) is 15.0. The maximum absolute atomic E-state index is 9.87. The number of aryl methyl sites for hydroxylation is 2. The summed E-state index contributed by atoms with van der Waals surface area (Å²) >= 11 is 0. The van der Waals surface area contributed by atoms with Crippen molar-refractivity contribution >= 4 is 11.0 Å². The Bertz CT molecular complexity index is 772. The van der Waals surface area contributed by atoms with Gasteiger partial charge >= 0.3 is 0 Å². The highest BCUT2D eigenvalue weighted by molar-refractivity contribution is 5.79. The summed E-state index contributed by atoms with van der Waals surface area (Å²) in [5.41, 5.74) is 6.67. The second-order valence-electron chi connectivity index (χ2n) is 5.56. The van der Waals surface area contributed by atoms with Crippen molar-refractivity contribution in [3.8, 4) is 5.69 Å². The van der Waals surface area contributed by atoms with Crippen LogP contribution < -0.4 is 0 Å². The molecule has 0 saturated carbocycles. The summed E-state index contributed by atoms with van der Waals surface area (Å²) in [5.74, 6) is 0. The Hall–Kier alpha value is -2.13. The maximum Gasteiger partial charge on any atom is 0.100 e. The van der Waals surface area contributed by atoms with Gasteiger partial charge in [0.25, 0.3) is 0 Å². The number of benzene rings is 2. The zero-order valence-electron chi connectivity index (χ0n) is 12.7. The lowest BCUT2D eigenvalue weighted by atomic mass is 10.1. The van der Waals surface area contributed by atoms with Gasteiger partial charge in [0.2, 0.25) is 0 Å². The van der Waals surface area contributed by atoms with Gasteiger partial charge in [0.15, 0.2) is 0 Å². The van der Waals surface area contributed by atoms with Gasteiger partial charge in [0.05, 0.1) is 17.1 Å². The number of aliphatic hydroxyl groups excluding tert-OH is 1. The lowest BCUT2D eigenvalue weighted by Crippen LogP contribution is -1.97. The summed E-state index contributed by atoms with van der Waals surface area (Å²) in [4.78, 5) is 4.48. The van der Waals surface area contributed by atoms with Crippen molar-refractivity contribution in [1.29, 1.82) is 0 Å². The lowest BCUT2D eigenvalue weighted by molar-refractivity contribution is 0.173. The van der Waals surface area contributed by atoms with Gasteiger partial charge in [-0.15, -0.1) is 0 Å². The summed E-state index contributed by atoms with van der Waals surface area (Å²) in [7, 11) is 0. The van der Waals surface area contributed by atoms with Crippen LogP contribution in [0.2, 0.25) is 0 Å². The average Bonchev–Trinajstić information content (AvgIpc) is 2.90. The highest BCUT2D eigenvalue weighted by atomic mass is 16.3. The van der Waals surface area contributed by atoms with Crippen molar-refractivity contribution in [2.24, 2.45) is 0 Å². The largest absolute Gasteiger partial charge is 0.388 e. The molecule has 1 aromatic heterocycles. The van der Waals surface area contributed by atoms with Crippen LogP contribution in [0.1, 0.15) is 36.1 Å². The van der Waals surface area contributed by atoms with Crippen LogP contribution in [0.5, 0.6) is 0 Å². The predicted molar refractivity (Wildman–Crippen MR) is 85.8 cm³/mol. The third-order valence-electron chi connectivity index (χ3n) is 4.11. The first-order valence-electron chi connectivity index (χ1n) is 7.33. The highest BCUT2D eigenvalue weighted by Gasteiger charge is 2.08. The Morgan fingerprint density at radius 2 is 1.76 bits per heavy atom. The zero-order valence-corrected chi connectivity index (χ0v) is 12.7. The van der Waals surface area contributed by atoms with E-state index in [2.05, 4.69) is 35.5 Å². The molecule has 0 saturated heterocycles. The maximum atomic E-state index is 9.87. The highest BCUT2D eigenvalue weighted by Crippen LogP contribution is 2.23. The minimum Gasteiger partial charge on any atom is -0.388 e. The number of rotatable bonds is 3. The number of nitrogens with zero attached hydrogens (tertiary/aromatic N) is 2. The number of fused-ring (bicyclic) bond motifs is 1. The minimum absolute atomic E-state index is 0.386. The molecule has 3 aromatic rings. The van der Waals surface area contributed by atoms with E-state index in [1.165, 1.54) is 11.1 Å². The molecular weight excluding hydrogens is 260 g/mol. The average molecular weight is 280 g/mol. The molecule has 3 heteroatoms. The van der Waals surface area contributed by atoms with Gasteiger partial charge in [-0.25, -0.2) is 4.98 Å². The fourth-order valence-corrected chi connectivity index (χ4v) is 2.56. The molecule has 0 aliphatic carbocycles. The van der Waals surface area contributed by atoms with Gasteiger partial charge in [-0.05, 0) is 61.2 Å². The Morgan fingerprint density at radius 3 is 2.43 bits per heavy atom. The van der Waals surface area contributed by atoms with Crippen LogP contribution in [0.15, 0.2) is 42.7 Å². The summed E-state index contributed by atoms with van der Waals surface area (Å²) in [6.07, 6.45) is 2.20. The molecule has 0 aliphatic heterocycles. The fourth-order valence-electron chi connectivity index (χ4n) is 2.56. The molecule has 3 rings (SSSR count). The van der Waals surface area contributed by atoms with Gasteiger partial charge in [0, 0.05) is 5.69 Å². The van der Waals surface area contributed by atoms with Crippen molar-refractivity contribution in [3.63, 3.8) is 0 Å². The number of hydrogen-bond acceptors (Lipinski definition) is 2. The van der Waals surface area contributed by atoms with E-state index >= 15 is 0 Å². The van der Waals surface area contributed by atoms with Crippen molar-refractivity contribution in [1.82, 2.24) is 9.55 Å². The first kappa shape index (κ1) is 13.8. The van der Waals surface area contributed by atoms with E-state index in [-0.39, 0.29) is 6.10 Å². The van der Waals surface area contributed by atoms with Gasteiger partial charge in [0.1, 0.15) is 6.33 Å². The van der Waals surface area contributed by atoms with Crippen LogP contribution in [-0.2, 0) is 0 Å².